The Morgan fingerprint density at radius 3 is 2.57 bits per heavy atom. The Bertz CT molecular complexity index is 544. The van der Waals surface area contributed by atoms with E-state index in [1.807, 2.05) is 30.3 Å². The van der Waals surface area contributed by atoms with Crippen LogP contribution in [0.25, 0.3) is 0 Å². The molecule has 0 unspecified atom stereocenters. The monoisotopic (exact) mass is 290 g/mol. The highest BCUT2D eigenvalue weighted by atomic mass is 16.5. The van der Waals surface area contributed by atoms with Gasteiger partial charge in [-0.3, -0.25) is 14.4 Å². The predicted molar refractivity (Wildman–Crippen MR) is 75.1 cm³/mol. The van der Waals surface area contributed by atoms with E-state index in [1.54, 1.807) is 7.05 Å². The lowest BCUT2D eigenvalue weighted by molar-refractivity contribution is -0.159. The molecule has 0 radical (unpaired) electrons. The number of esters is 1. The van der Waals surface area contributed by atoms with E-state index in [2.05, 4.69) is 4.74 Å². The number of hydrogen-bond donors (Lipinski definition) is 0. The number of carbonyl (C=O) groups excluding carboxylic acids is 3. The zero-order valence-corrected chi connectivity index (χ0v) is 12.1. The van der Waals surface area contributed by atoms with E-state index in [4.69, 9.17) is 0 Å². The van der Waals surface area contributed by atoms with Crippen molar-refractivity contribution in [2.45, 2.75) is 19.0 Å². The maximum atomic E-state index is 12.2. The van der Waals surface area contributed by atoms with Gasteiger partial charge in [0.1, 0.15) is 6.04 Å². The number of amides is 2. The van der Waals surface area contributed by atoms with E-state index in [0.717, 1.165) is 5.56 Å². The first-order chi connectivity index (χ1) is 10.0. The first kappa shape index (κ1) is 15.0. The van der Waals surface area contributed by atoms with Crippen molar-refractivity contribution in [1.29, 1.82) is 0 Å². The van der Waals surface area contributed by atoms with Crippen molar-refractivity contribution in [3.8, 4) is 0 Å². The minimum atomic E-state index is -0.802. The van der Waals surface area contributed by atoms with Crippen LogP contribution in [-0.2, 0) is 25.7 Å². The number of carbonyl (C=O) groups is 3. The van der Waals surface area contributed by atoms with E-state index in [1.165, 1.54) is 16.9 Å². The van der Waals surface area contributed by atoms with Crippen molar-refractivity contribution in [2.75, 3.05) is 20.7 Å². The molecule has 1 atom stereocenters. The van der Waals surface area contributed by atoms with Crippen LogP contribution in [0.3, 0.4) is 0 Å². The lowest BCUT2D eigenvalue weighted by Crippen LogP contribution is -2.58. The number of rotatable bonds is 4. The largest absolute Gasteiger partial charge is 0.469 e. The molecule has 2 amide bonds. The number of nitrogens with zero attached hydrogens (tertiary/aromatic N) is 2. The van der Waals surface area contributed by atoms with Crippen LogP contribution in [-0.4, -0.2) is 54.3 Å². The summed E-state index contributed by atoms with van der Waals surface area (Å²) < 4.78 is 4.62. The summed E-state index contributed by atoms with van der Waals surface area (Å²) in [6, 6.07) is 8.58. The first-order valence-electron chi connectivity index (χ1n) is 6.68. The van der Waals surface area contributed by atoms with Crippen LogP contribution in [0.5, 0.6) is 0 Å². The summed E-state index contributed by atoms with van der Waals surface area (Å²) in [5, 5.41) is 0. The SMILES string of the molecule is COC(=O)C[C@H]1C(=O)N(C)CC(=O)N1Cc1ccccc1. The second-order valence-electron chi connectivity index (χ2n) is 5.00. The molecule has 21 heavy (non-hydrogen) atoms. The van der Waals surface area contributed by atoms with E-state index in [9.17, 15) is 14.4 Å². The average molecular weight is 290 g/mol. The molecule has 1 aliphatic heterocycles. The molecule has 0 N–H and O–H groups in total. The van der Waals surface area contributed by atoms with Crippen molar-refractivity contribution < 1.29 is 19.1 Å². The molecule has 1 fully saturated rings. The zero-order valence-electron chi connectivity index (χ0n) is 12.1. The van der Waals surface area contributed by atoms with Gasteiger partial charge in [-0.15, -0.1) is 0 Å². The van der Waals surface area contributed by atoms with Crippen molar-refractivity contribution in [3.05, 3.63) is 35.9 Å². The number of methoxy groups -OCH3 is 1. The molecule has 0 bridgehead atoms. The third kappa shape index (κ3) is 3.39. The van der Waals surface area contributed by atoms with Crippen LogP contribution in [0.15, 0.2) is 30.3 Å². The molecule has 1 saturated heterocycles. The van der Waals surface area contributed by atoms with Gasteiger partial charge in [-0.2, -0.15) is 0 Å². The first-order valence-corrected chi connectivity index (χ1v) is 6.68. The van der Waals surface area contributed by atoms with Crippen molar-refractivity contribution in [3.63, 3.8) is 0 Å². The molecule has 0 saturated carbocycles. The summed E-state index contributed by atoms with van der Waals surface area (Å²) >= 11 is 0. The summed E-state index contributed by atoms with van der Waals surface area (Å²) in [4.78, 5) is 38.8. The maximum absolute atomic E-state index is 12.2. The van der Waals surface area contributed by atoms with E-state index in [0.29, 0.717) is 6.54 Å². The predicted octanol–water partition coefficient (Wildman–Crippen LogP) is 0.419. The van der Waals surface area contributed by atoms with E-state index >= 15 is 0 Å². The summed E-state index contributed by atoms with van der Waals surface area (Å²) in [5.41, 5.74) is 0.915. The number of hydrogen-bond acceptors (Lipinski definition) is 4. The number of benzene rings is 1. The van der Waals surface area contributed by atoms with Gasteiger partial charge in [0.2, 0.25) is 11.8 Å². The third-order valence-corrected chi connectivity index (χ3v) is 3.51. The molecular formula is C15H18N2O4. The van der Waals surface area contributed by atoms with E-state index in [-0.39, 0.29) is 24.8 Å². The van der Waals surface area contributed by atoms with Crippen LogP contribution in [0.2, 0.25) is 0 Å². The highest BCUT2D eigenvalue weighted by Crippen LogP contribution is 2.18. The second-order valence-corrected chi connectivity index (χ2v) is 5.00. The molecule has 0 aromatic heterocycles. The van der Waals surface area contributed by atoms with E-state index < -0.39 is 12.0 Å². The van der Waals surface area contributed by atoms with Gasteiger partial charge in [0.15, 0.2) is 0 Å². The molecule has 0 spiro atoms. The fourth-order valence-electron chi connectivity index (χ4n) is 2.35. The van der Waals surface area contributed by atoms with Gasteiger partial charge in [-0.25, -0.2) is 0 Å². The number of piperazine rings is 1. The molecule has 0 aliphatic carbocycles. The topological polar surface area (TPSA) is 66.9 Å². The molecule has 112 valence electrons. The van der Waals surface area contributed by atoms with Crippen molar-refractivity contribution in [2.24, 2.45) is 0 Å². The second kappa shape index (κ2) is 6.39. The molecule has 1 heterocycles. The minimum absolute atomic E-state index is 0.0311. The Labute approximate surface area is 123 Å². The zero-order chi connectivity index (χ0) is 15.4. The molecule has 1 aromatic carbocycles. The van der Waals surface area contributed by atoms with Crippen LogP contribution in [0, 0.1) is 0 Å². The smallest absolute Gasteiger partial charge is 0.308 e. The Balaban J connectivity index is 2.22. The molecule has 6 nitrogen and oxygen atoms in total. The summed E-state index contributed by atoms with van der Waals surface area (Å²) in [7, 11) is 2.83. The Morgan fingerprint density at radius 1 is 1.29 bits per heavy atom. The molecule has 2 rings (SSSR count). The Morgan fingerprint density at radius 2 is 1.95 bits per heavy atom. The fraction of sp³-hybridized carbons (Fsp3) is 0.400. The summed E-state index contributed by atoms with van der Waals surface area (Å²) in [6.45, 7) is 0.338. The standard InChI is InChI=1S/C15H18N2O4/c1-16-10-13(18)17(9-11-6-4-3-5-7-11)12(15(16)20)8-14(19)21-2/h3-7,12H,8-10H2,1-2H3/t12-/m0/s1. The lowest BCUT2D eigenvalue weighted by Gasteiger charge is -2.38. The van der Waals surface area contributed by atoms with Gasteiger partial charge in [0.25, 0.3) is 0 Å². The lowest BCUT2D eigenvalue weighted by atomic mass is 10.1. The van der Waals surface area contributed by atoms with Gasteiger partial charge >= 0.3 is 5.97 Å². The fourth-order valence-corrected chi connectivity index (χ4v) is 2.35. The molecule has 1 aromatic rings. The number of ether oxygens (including phenoxy) is 1. The van der Waals surface area contributed by atoms with Gasteiger partial charge in [-0.05, 0) is 5.56 Å². The Hall–Kier alpha value is -2.37. The van der Waals surface area contributed by atoms with Crippen molar-refractivity contribution >= 4 is 17.8 Å². The summed E-state index contributed by atoms with van der Waals surface area (Å²) in [5.74, 6) is -0.916. The highest BCUT2D eigenvalue weighted by Gasteiger charge is 2.39. The van der Waals surface area contributed by atoms with Gasteiger partial charge < -0.3 is 14.5 Å². The maximum Gasteiger partial charge on any atom is 0.308 e. The summed E-state index contributed by atoms with van der Waals surface area (Å²) in [6.07, 6.45) is -0.127. The average Bonchev–Trinajstić information content (AvgIpc) is 2.49. The van der Waals surface area contributed by atoms with Crippen LogP contribution in [0.4, 0.5) is 0 Å². The number of likely N-dealkylation sites (N-methyl/N-ethyl adjacent to an activating group) is 1. The Kier molecular flexibility index (Phi) is 4.57. The molecular weight excluding hydrogens is 272 g/mol. The van der Waals surface area contributed by atoms with Crippen molar-refractivity contribution in [1.82, 2.24) is 9.80 Å². The van der Waals surface area contributed by atoms with Gasteiger partial charge in [0.05, 0.1) is 20.1 Å². The molecule has 1 aliphatic rings. The minimum Gasteiger partial charge on any atom is -0.469 e. The quantitative estimate of drug-likeness (QED) is 0.754. The van der Waals surface area contributed by atoms with Crippen LogP contribution in [0.1, 0.15) is 12.0 Å². The third-order valence-electron chi connectivity index (χ3n) is 3.51. The van der Waals surface area contributed by atoms with Gasteiger partial charge in [0, 0.05) is 13.6 Å². The van der Waals surface area contributed by atoms with Gasteiger partial charge in [-0.1, -0.05) is 30.3 Å². The van der Waals surface area contributed by atoms with Crippen LogP contribution >= 0.6 is 0 Å². The normalized spacial score (nSPS) is 18.9. The highest BCUT2D eigenvalue weighted by molar-refractivity contribution is 5.96. The van der Waals surface area contributed by atoms with Crippen LogP contribution < -0.4 is 0 Å². The molecule has 6 heteroatoms.